The number of ether oxygens (including phenoxy) is 3. The van der Waals surface area contributed by atoms with Gasteiger partial charge in [0.1, 0.15) is 23.4 Å². The molecule has 4 rings (SSSR count). The van der Waals surface area contributed by atoms with Crippen LogP contribution in [0.1, 0.15) is 18.2 Å². The molecule has 1 unspecified atom stereocenters. The Morgan fingerprint density at radius 1 is 1.09 bits per heavy atom. The Hall–Kier alpha value is -3.85. The fourth-order valence-electron chi connectivity index (χ4n) is 3.74. The first kappa shape index (κ1) is 21.4. The van der Waals surface area contributed by atoms with Crippen molar-refractivity contribution < 1.29 is 23.8 Å². The summed E-state index contributed by atoms with van der Waals surface area (Å²) in [6, 6.07) is 13.8. The van der Waals surface area contributed by atoms with Crippen molar-refractivity contribution in [2.45, 2.75) is 19.1 Å². The van der Waals surface area contributed by atoms with Crippen molar-refractivity contribution in [2.24, 2.45) is 0 Å². The van der Waals surface area contributed by atoms with Gasteiger partial charge < -0.3 is 24.8 Å². The number of rotatable bonds is 8. The number of benzene rings is 2. The fraction of sp³-hybridized carbons (Fsp3) is 0.261. The maximum absolute atomic E-state index is 12.7. The molecule has 3 aromatic rings. The fourth-order valence-corrected chi connectivity index (χ4v) is 3.74. The first-order chi connectivity index (χ1) is 15.5. The van der Waals surface area contributed by atoms with Crippen LogP contribution < -0.4 is 20.1 Å². The predicted octanol–water partition coefficient (Wildman–Crippen LogP) is 3.24. The summed E-state index contributed by atoms with van der Waals surface area (Å²) in [7, 11) is 4.71. The van der Waals surface area contributed by atoms with Crippen LogP contribution in [-0.4, -0.2) is 42.9 Å². The number of para-hydroxylation sites is 2. The van der Waals surface area contributed by atoms with Crippen LogP contribution in [0.3, 0.4) is 0 Å². The Morgan fingerprint density at radius 3 is 2.53 bits per heavy atom. The quantitative estimate of drug-likeness (QED) is 0.562. The first-order valence-electron chi connectivity index (χ1n) is 10.0. The molecule has 2 amide bonds. The minimum atomic E-state index is -0.776. The van der Waals surface area contributed by atoms with Gasteiger partial charge in [0.15, 0.2) is 0 Å². The van der Waals surface area contributed by atoms with Crippen molar-refractivity contribution in [1.29, 1.82) is 0 Å². The number of amides is 2. The van der Waals surface area contributed by atoms with Crippen LogP contribution in [0.25, 0.3) is 11.1 Å². The zero-order chi connectivity index (χ0) is 22.7. The van der Waals surface area contributed by atoms with Crippen molar-refractivity contribution >= 4 is 23.3 Å². The van der Waals surface area contributed by atoms with Crippen LogP contribution in [0.5, 0.6) is 11.5 Å². The summed E-state index contributed by atoms with van der Waals surface area (Å²) < 4.78 is 17.4. The van der Waals surface area contributed by atoms with E-state index in [2.05, 4.69) is 15.7 Å². The number of carbonyl (C=O) groups is 2. The molecule has 32 heavy (non-hydrogen) atoms. The molecule has 9 heteroatoms. The predicted molar refractivity (Wildman–Crippen MR) is 119 cm³/mol. The SMILES string of the molecule is COCc1nn2c(c1-c1ccc(OC)cc1)NC(=O)C2CC(=O)Nc1ccccc1OC. The monoisotopic (exact) mass is 436 g/mol. The normalized spacial score (nSPS) is 14.6. The zero-order valence-corrected chi connectivity index (χ0v) is 18.0. The zero-order valence-electron chi connectivity index (χ0n) is 18.0. The van der Waals surface area contributed by atoms with Gasteiger partial charge in [-0.05, 0) is 29.8 Å². The molecular formula is C23H24N4O5. The Morgan fingerprint density at radius 2 is 1.84 bits per heavy atom. The van der Waals surface area contributed by atoms with E-state index in [0.717, 1.165) is 16.9 Å². The molecule has 1 aliphatic heterocycles. The van der Waals surface area contributed by atoms with E-state index in [1.54, 1.807) is 37.1 Å². The van der Waals surface area contributed by atoms with E-state index in [1.807, 2.05) is 30.3 Å². The summed E-state index contributed by atoms with van der Waals surface area (Å²) in [4.78, 5) is 25.5. The third kappa shape index (κ3) is 4.02. The molecule has 1 aliphatic rings. The molecule has 0 bridgehead atoms. The first-order valence-corrected chi connectivity index (χ1v) is 10.0. The number of methoxy groups -OCH3 is 3. The Labute approximate surface area is 185 Å². The molecule has 0 spiro atoms. The van der Waals surface area contributed by atoms with Crippen LogP contribution in [0.2, 0.25) is 0 Å². The van der Waals surface area contributed by atoms with Crippen LogP contribution in [0, 0.1) is 0 Å². The highest BCUT2D eigenvalue weighted by atomic mass is 16.5. The largest absolute Gasteiger partial charge is 0.497 e. The molecule has 2 heterocycles. The molecule has 2 aromatic carbocycles. The van der Waals surface area contributed by atoms with Gasteiger partial charge in [-0.2, -0.15) is 5.10 Å². The summed E-state index contributed by atoms with van der Waals surface area (Å²) >= 11 is 0. The van der Waals surface area contributed by atoms with Crippen LogP contribution in [-0.2, 0) is 20.9 Å². The van der Waals surface area contributed by atoms with E-state index in [-0.39, 0.29) is 24.8 Å². The van der Waals surface area contributed by atoms with E-state index in [9.17, 15) is 9.59 Å². The van der Waals surface area contributed by atoms with Gasteiger partial charge in [-0.3, -0.25) is 9.59 Å². The van der Waals surface area contributed by atoms with E-state index in [4.69, 9.17) is 14.2 Å². The van der Waals surface area contributed by atoms with E-state index < -0.39 is 6.04 Å². The van der Waals surface area contributed by atoms with Gasteiger partial charge in [0, 0.05) is 12.7 Å². The molecule has 0 fully saturated rings. The number of hydrogen-bond acceptors (Lipinski definition) is 6. The number of nitrogens with zero attached hydrogens (tertiary/aromatic N) is 2. The van der Waals surface area contributed by atoms with Gasteiger partial charge in [0.2, 0.25) is 5.91 Å². The van der Waals surface area contributed by atoms with Crippen molar-refractivity contribution in [3.05, 3.63) is 54.2 Å². The van der Waals surface area contributed by atoms with Crippen molar-refractivity contribution in [1.82, 2.24) is 9.78 Å². The number of anilines is 2. The van der Waals surface area contributed by atoms with Gasteiger partial charge in [-0.15, -0.1) is 0 Å². The molecule has 1 atom stereocenters. The maximum atomic E-state index is 12.7. The smallest absolute Gasteiger partial charge is 0.251 e. The Balaban J connectivity index is 1.62. The molecule has 0 aliphatic carbocycles. The lowest BCUT2D eigenvalue weighted by atomic mass is 10.1. The standard InChI is InChI=1S/C23H24N4O5/c1-30-13-17-21(14-8-10-15(31-2)11-9-14)22-25-23(29)18(27(22)26-17)12-20(28)24-16-6-4-5-7-19(16)32-3/h4-11,18H,12-13H2,1-3H3,(H,24,28)(H,25,29). The highest BCUT2D eigenvalue weighted by Crippen LogP contribution is 2.39. The number of hydrogen-bond donors (Lipinski definition) is 2. The van der Waals surface area contributed by atoms with Gasteiger partial charge in [-0.1, -0.05) is 24.3 Å². The number of carbonyl (C=O) groups excluding carboxylic acids is 2. The molecule has 0 radical (unpaired) electrons. The van der Waals surface area contributed by atoms with Crippen molar-refractivity contribution in [3.63, 3.8) is 0 Å². The number of fused-ring (bicyclic) bond motifs is 1. The highest BCUT2D eigenvalue weighted by Gasteiger charge is 2.37. The highest BCUT2D eigenvalue weighted by molar-refractivity contribution is 6.04. The van der Waals surface area contributed by atoms with Gasteiger partial charge >= 0.3 is 0 Å². The minimum absolute atomic E-state index is 0.0764. The van der Waals surface area contributed by atoms with E-state index >= 15 is 0 Å². The summed E-state index contributed by atoms with van der Waals surface area (Å²) in [5.74, 6) is 1.20. The lowest BCUT2D eigenvalue weighted by Gasteiger charge is -2.12. The van der Waals surface area contributed by atoms with Crippen LogP contribution >= 0.6 is 0 Å². The third-order valence-electron chi connectivity index (χ3n) is 5.24. The topological polar surface area (TPSA) is 104 Å². The second kappa shape index (κ2) is 9.11. The van der Waals surface area contributed by atoms with Crippen LogP contribution in [0.4, 0.5) is 11.5 Å². The second-order valence-electron chi connectivity index (χ2n) is 7.23. The lowest BCUT2D eigenvalue weighted by molar-refractivity contribution is -0.123. The minimum Gasteiger partial charge on any atom is -0.497 e. The average molecular weight is 436 g/mol. The molecule has 2 N–H and O–H groups in total. The summed E-state index contributed by atoms with van der Waals surface area (Å²) in [5.41, 5.74) is 2.83. The summed E-state index contributed by atoms with van der Waals surface area (Å²) in [6.07, 6.45) is -0.0764. The van der Waals surface area contributed by atoms with Crippen molar-refractivity contribution in [3.8, 4) is 22.6 Å². The Kier molecular flexibility index (Phi) is 6.09. The summed E-state index contributed by atoms with van der Waals surface area (Å²) in [5, 5.41) is 10.3. The molecule has 9 nitrogen and oxygen atoms in total. The number of aromatic nitrogens is 2. The van der Waals surface area contributed by atoms with Crippen molar-refractivity contribution in [2.75, 3.05) is 32.0 Å². The number of nitrogens with one attached hydrogen (secondary N) is 2. The third-order valence-corrected chi connectivity index (χ3v) is 5.24. The molecule has 166 valence electrons. The van der Waals surface area contributed by atoms with Gasteiger partial charge in [-0.25, -0.2) is 4.68 Å². The van der Waals surface area contributed by atoms with Crippen LogP contribution in [0.15, 0.2) is 48.5 Å². The van der Waals surface area contributed by atoms with E-state index in [1.165, 1.54) is 7.11 Å². The molecule has 1 aromatic heterocycles. The molecular weight excluding hydrogens is 412 g/mol. The second-order valence-corrected chi connectivity index (χ2v) is 7.23. The van der Waals surface area contributed by atoms with Gasteiger partial charge in [0.05, 0.1) is 38.6 Å². The maximum Gasteiger partial charge on any atom is 0.251 e. The van der Waals surface area contributed by atoms with Gasteiger partial charge in [0.25, 0.3) is 5.91 Å². The lowest BCUT2D eigenvalue weighted by Crippen LogP contribution is -2.24. The van der Waals surface area contributed by atoms with E-state index in [0.29, 0.717) is 22.9 Å². The Bertz CT molecular complexity index is 1140. The average Bonchev–Trinajstić information content (AvgIpc) is 3.29. The molecule has 0 saturated heterocycles. The summed E-state index contributed by atoms with van der Waals surface area (Å²) in [6.45, 7) is 0.261. The molecule has 0 saturated carbocycles.